The molecule has 0 spiro atoms. The normalized spacial score (nSPS) is 12.5. The van der Waals surface area contributed by atoms with Gasteiger partial charge in [-0.05, 0) is 54.7 Å². The molecule has 0 bridgehead atoms. The van der Waals surface area contributed by atoms with Gasteiger partial charge in [-0.1, -0.05) is 18.2 Å². The highest BCUT2D eigenvalue weighted by Gasteiger charge is 2.13. The van der Waals surface area contributed by atoms with Gasteiger partial charge >= 0.3 is 6.03 Å². The third kappa shape index (κ3) is 2.93. The SMILES string of the molecule is NC(=O)c1ccccc1NC(=O)Nc1ccc2c(c1)CCC2. The Morgan fingerprint density at radius 3 is 2.55 bits per heavy atom. The number of hydrogen-bond donors (Lipinski definition) is 3. The smallest absolute Gasteiger partial charge is 0.323 e. The molecule has 0 saturated heterocycles. The van der Waals surface area contributed by atoms with E-state index in [9.17, 15) is 9.59 Å². The van der Waals surface area contributed by atoms with Crippen molar-refractivity contribution in [2.45, 2.75) is 19.3 Å². The number of hydrogen-bond acceptors (Lipinski definition) is 2. The molecular weight excluding hydrogens is 278 g/mol. The molecule has 5 heteroatoms. The highest BCUT2D eigenvalue weighted by Crippen LogP contribution is 2.25. The second-order valence-electron chi connectivity index (χ2n) is 5.33. The molecule has 112 valence electrons. The molecule has 0 aliphatic heterocycles. The summed E-state index contributed by atoms with van der Waals surface area (Å²) in [5.41, 5.74) is 9.36. The number of benzene rings is 2. The van der Waals surface area contributed by atoms with Gasteiger partial charge in [0.1, 0.15) is 0 Å². The first-order valence-electron chi connectivity index (χ1n) is 7.22. The third-order valence-electron chi connectivity index (χ3n) is 3.80. The van der Waals surface area contributed by atoms with Crippen LogP contribution < -0.4 is 16.4 Å². The lowest BCUT2D eigenvalue weighted by Crippen LogP contribution is -2.22. The second kappa shape index (κ2) is 5.89. The van der Waals surface area contributed by atoms with E-state index in [1.54, 1.807) is 24.3 Å². The maximum Gasteiger partial charge on any atom is 0.323 e. The van der Waals surface area contributed by atoms with Crippen molar-refractivity contribution in [3.05, 3.63) is 59.2 Å². The number of aryl methyl sites for hydroxylation is 2. The van der Waals surface area contributed by atoms with E-state index < -0.39 is 11.9 Å². The minimum absolute atomic E-state index is 0.284. The van der Waals surface area contributed by atoms with Gasteiger partial charge in [0.05, 0.1) is 11.3 Å². The van der Waals surface area contributed by atoms with Gasteiger partial charge in [-0.15, -0.1) is 0 Å². The van der Waals surface area contributed by atoms with E-state index in [1.165, 1.54) is 11.1 Å². The summed E-state index contributed by atoms with van der Waals surface area (Å²) < 4.78 is 0. The summed E-state index contributed by atoms with van der Waals surface area (Å²) >= 11 is 0. The number of primary amides is 1. The van der Waals surface area contributed by atoms with Gasteiger partial charge in [0.2, 0.25) is 0 Å². The van der Waals surface area contributed by atoms with Crippen LogP contribution in [0.15, 0.2) is 42.5 Å². The number of carbonyl (C=O) groups is 2. The Morgan fingerprint density at radius 2 is 1.73 bits per heavy atom. The van der Waals surface area contributed by atoms with E-state index in [0.717, 1.165) is 24.9 Å². The Kier molecular flexibility index (Phi) is 3.78. The van der Waals surface area contributed by atoms with Crippen LogP contribution in [-0.2, 0) is 12.8 Å². The number of fused-ring (bicyclic) bond motifs is 1. The fourth-order valence-electron chi connectivity index (χ4n) is 2.74. The summed E-state index contributed by atoms with van der Waals surface area (Å²) in [6.07, 6.45) is 3.32. The van der Waals surface area contributed by atoms with Gasteiger partial charge in [-0.2, -0.15) is 0 Å². The molecule has 0 fully saturated rings. The summed E-state index contributed by atoms with van der Waals surface area (Å²) in [5, 5.41) is 5.44. The number of amides is 3. The lowest BCUT2D eigenvalue weighted by atomic mass is 10.1. The Morgan fingerprint density at radius 1 is 0.955 bits per heavy atom. The molecule has 5 nitrogen and oxygen atoms in total. The van der Waals surface area contributed by atoms with Crippen LogP contribution in [0.25, 0.3) is 0 Å². The molecule has 1 aliphatic rings. The lowest BCUT2D eigenvalue weighted by molar-refractivity contribution is 0.100. The van der Waals surface area contributed by atoms with E-state index in [4.69, 9.17) is 5.73 Å². The van der Waals surface area contributed by atoms with Crippen molar-refractivity contribution in [1.82, 2.24) is 0 Å². The monoisotopic (exact) mass is 295 g/mol. The molecule has 2 aromatic rings. The average molecular weight is 295 g/mol. The molecular formula is C17H17N3O2. The fraction of sp³-hybridized carbons (Fsp3) is 0.176. The molecule has 0 heterocycles. The average Bonchev–Trinajstić information content (AvgIpc) is 2.95. The number of carbonyl (C=O) groups excluding carboxylic acids is 2. The van der Waals surface area contributed by atoms with Crippen LogP contribution in [0.4, 0.5) is 16.2 Å². The van der Waals surface area contributed by atoms with E-state index in [-0.39, 0.29) is 5.56 Å². The predicted octanol–water partition coefficient (Wildman–Crippen LogP) is 2.92. The van der Waals surface area contributed by atoms with Crippen LogP contribution in [-0.4, -0.2) is 11.9 Å². The molecule has 0 radical (unpaired) electrons. The molecule has 2 aromatic carbocycles. The number of anilines is 2. The zero-order chi connectivity index (χ0) is 15.5. The van der Waals surface area contributed by atoms with Crippen LogP contribution in [0.5, 0.6) is 0 Å². The second-order valence-corrected chi connectivity index (χ2v) is 5.33. The van der Waals surface area contributed by atoms with Gasteiger partial charge in [-0.25, -0.2) is 4.79 Å². The first kappa shape index (κ1) is 14.1. The number of rotatable bonds is 3. The van der Waals surface area contributed by atoms with Crippen molar-refractivity contribution >= 4 is 23.3 Å². The maximum atomic E-state index is 12.1. The molecule has 0 aromatic heterocycles. The van der Waals surface area contributed by atoms with Gasteiger partial charge < -0.3 is 16.4 Å². The third-order valence-corrected chi connectivity index (χ3v) is 3.80. The van der Waals surface area contributed by atoms with Gasteiger partial charge in [0.15, 0.2) is 0 Å². The Balaban J connectivity index is 1.72. The van der Waals surface area contributed by atoms with E-state index in [1.807, 2.05) is 12.1 Å². The van der Waals surface area contributed by atoms with E-state index in [0.29, 0.717) is 5.69 Å². The van der Waals surface area contributed by atoms with Gasteiger partial charge in [0.25, 0.3) is 5.91 Å². The van der Waals surface area contributed by atoms with Gasteiger partial charge in [0, 0.05) is 5.69 Å². The minimum atomic E-state index is -0.576. The molecule has 4 N–H and O–H groups in total. The van der Waals surface area contributed by atoms with Gasteiger partial charge in [-0.3, -0.25) is 4.79 Å². The topological polar surface area (TPSA) is 84.2 Å². The Hall–Kier alpha value is -2.82. The predicted molar refractivity (Wildman–Crippen MR) is 86.1 cm³/mol. The quantitative estimate of drug-likeness (QED) is 0.813. The molecule has 3 amide bonds. The van der Waals surface area contributed by atoms with Crippen LogP contribution in [0.1, 0.15) is 27.9 Å². The zero-order valence-electron chi connectivity index (χ0n) is 12.1. The first-order chi connectivity index (χ1) is 10.6. The van der Waals surface area contributed by atoms with Crippen molar-refractivity contribution in [2.24, 2.45) is 5.73 Å². The fourth-order valence-corrected chi connectivity index (χ4v) is 2.74. The Labute approximate surface area is 128 Å². The Bertz CT molecular complexity index is 740. The van der Waals surface area contributed by atoms with Crippen LogP contribution in [0, 0.1) is 0 Å². The van der Waals surface area contributed by atoms with Crippen LogP contribution in [0.3, 0.4) is 0 Å². The van der Waals surface area contributed by atoms with E-state index in [2.05, 4.69) is 16.7 Å². The number of para-hydroxylation sites is 1. The van der Waals surface area contributed by atoms with Crippen molar-refractivity contribution in [2.75, 3.05) is 10.6 Å². The summed E-state index contributed by atoms with van der Waals surface area (Å²) in [6.45, 7) is 0. The number of urea groups is 1. The number of nitrogens with one attached hydrogen (secondary N) is 2. The summed E-state index contributed by atoms with van der Waals surface area (Å²) in [5.74, 6) is -0.576. The molecule has 22 heavy (non-hydrogen) atoms. The molecule has 1 aliphatic carbocycles. The highest BCUT2D eigenvalue weighted by molar-refractivity contribution is 6.06. The van der Waals surface area contributed by atoms with Crippen molar-refractivity contribution in [3.8, 4) is 0 Å². The minimum Gasteiger partial charge on any atom is -0.366 e. The van der Waals surface area contributed by atoms with Crippen LogP contribution >= 0.6 is 0 Å². The van der Waals surface area contributed by atoms with Crippen molar-refractivity contribution in [1.29, 1.82) is 0 Å². The first-order valence-corrected chi connectivity index (χ1v) is 7.22. The highest BCUT2D eigenvalue weighted by atomic mass is 16.2. The molecule has 0 unspecified atom stereocenters. The largest absolute Gasteiger partial charge is 0.366 e. The molecule has 0 saturated carbocycles. The standard InChI is InChI=1S/C17H17N3O2/c18-16(21)14-6-1-2-7-15(14)20-17(22)19-13-9-8-11-4-3-5-12(11)10-13/h1-2,6-10H,3-5H2,(H2,18,21)(H2,19,20,22). The lowest BCUT2D eigenvalue weighted by Gasteiger charge is -2.11. The summed E-state index contributed by atoms with van der Waals surface area (Å²) in [6, 6.07) is 12.2. The van der Waals surface area contributed by atoms with Crippen LogP contribution in [0.2, 0.25) is 0 Å². The summed E-state index contributed by atoms with van der Waals surface area (Å²) in [4.78, 5) is 23.4. The van der Waals surface area contributed by atoms with Crippen molar-refractivity contribution < 1.29 is 9.59 Å². The summed E-state index contributed by atoms with van der Waals surface area (Å²) in [7, 11) is 0. The maximum absolute atomic E-state index is 12.1. The molecule has 3 rings (SSSR count). The van der Waals surface area contributed by atoms with E-state index >= 15 is 0 Å². The zero-order valence-corrected chi connectivity index (χ0v) is 12.1. The van der Waals surface area contributed by atoms with Crippen molar-refractivity contribution in [3.63, 3.8) is 0 Å². The number of nitrogens with two attached hydrogens (primary N) is 1. The molecule has 0 atom stereocenters.